The molecule has 130 valence electrons. The molecule has 1 aliphatic heterocycles. The maximum Gasteiger partial charge on any atom is 0.409 e. The predicted molar refractivity (Wildman–Crippen MR) is 89.5 cm³/mol. The van der Waals surface area contributed by atoms with E-state index in [0.29, 0.717) is 39.0 Å². The Labute approximate surface area is 142 Å². The van der Waals surface area contributed by atoms with Crippen LogP contribution in [0.15, 0.2) is 30.3 Å². The van der Waals surface area contributed by atoms with Gasteiger partial charge in [-0.15, -0.1) is 0 Å². The summed E-state index contributed by atoms with van der Waals surface area (Å²) in [5.74, 6) is -0.291. The van der Waals surface area contributed by atoms with E-state index in [1.54, 1.807) is 11.8 Å². The zero-order chi connectivity index (χ0) is 17.4. The van der Waals surface area contributed by atoms with Crippen molar-refractivity contribution in [1.82, 2.24) is 10.2 Å². The van der Waals surface area contributed by atoms with E-state index in [4.69, 9.17) is 4.74 Å². The second-order valence-electron chi connectivity index (χ2n) is 5.90. The molecule has 0 aliphatic carbocycles. The van der Waals surface area contributed by atoms with Crippen LogP contribution in [0.5, 0.6) is 0 Å². The number of piperidine rings is 1. The third kappa shape index (κ3) is 5.08. The van der Waals surface area contributed by atoms with Gasteiger partial charge >= 0.3 is 6.09 Å². The maximum absolute atomic E-state index is 12.4. The Kier molecular flexibility index (Phi) is 6.78. The Morgan fingerprint density at radius 3 is 2.54 bits per heavy atom. The number of carbonyl (C=O) groups excluding carboxylic acids is 3. The highest BCUT2D eigenvalue weighted by Crippen LogP contribution is 2.18. The van der Waals surface area contributed by atoms with E-state index < -0.39 is 6.04 Å². The van der Waals surface area contributed by atoms with E-state index in [0.717, 1.165) is 11.8 Å². The van der Waals surface area contributed by atoms with Gasteiger partial charge in [0, 0.05) is 19.0 Å². The van der Waals surface area contributed by atoms with Crippen molar-refractivity contribution in [3.8, 4) is 0 Å². The normalized spacial score (nSPS) is 16.3. The highest BCUT2D eigenvalue weighted by atomic mass is 16.6. The van der Waals surface area contributed by atoms with E-state index >= 15 is 0 Å². The molecular weight excluding hydrogens is 308 g/mol. The third-order valence-corrected chi connectivity index (χ3v) is 4.18. The Balaban J connectivity index is 1.81. The van der Waals surface area contributed by atoms with Crippen molar-refractivity contribution in [3.63, 3.8) is 0 Å². The fraction of sp³-hybridized carbons (Fsp3) is 0.500. The number of likely N-dealkylation sites (tertiary alicyclic amines) is 1. The monoisotopic (exact) mass is 332 g/mol. The number of carbonyl (C=O) groups is 3. The van der Waals surface area contributed by atoms with Crippen LogP contribution in [-0.2, 0) is 20.7 Å². The zero-order valence-corrected chi connectivity index (χ0v) is 13.9. The first-order valence-electron chi connectivity index (χ1n) is 8.35. The number of hydrogen-bond acceptors (Lipinski definition) is 4. The second-order valence-corrected chi connectivity index (χ2v) is 5.90. The number of amides is 2. The van der Waals surface area contributed by atoms with Crippen LogP contribution in [0.4, 0.5) is 4.79 Å². The van der Waals surface area contributed by atoms with E-state index in [-0.39, 0.29) is 17.9 Å². The van der Waals surface area contributed by atoms with E-state index in [1.807, 2.05) is 30.3 Å². The molecule has 1 aromatic rings. The van der Waals surface area contributed by atoms with Crippen molar-refractivity contribution in [2.24, 2.45) is 5.92 Å². The van der Waals surface area contributed by atoms with Crippen molar-refractivity contribution in [2.45, 2.75) is 32.2 Å². The summed E-state index contributed by atoms with van der Waals surface area (Å²) in [5.41, 5.74) is 1.01. The standard InChI is InChI=1S/C18H24N2O4/c1-2-24-18(23)20-10-8-15(9-11-20)17(22)19-16(13-21)12-14-6-4-3-5-7-14/h3-7,13,15-16H,2,8-12H2,1H3,(H,19,22)/t16-/m0/s1. The molecule has 1 fully saturated rings. The first-order valence-corrected chi connectivity index (χ1v) is 8.35. The molecule has 0 bridgehead atoms. The quantitative estimate of drug-likeness (QED) is 0.806. The largest absolute Gasteiger partial charge is 0.450 e. The lowest BCUT2D eigenvalue weighted by Gasteiger charge is -2.31. The van der Waals surface area contributed by atoms with Crippen molar-refractivity contribution in [2.75, 3.05) is 19.7 Å². The van der Waals surface area contributed by atoms with Crippen molar-refractivity contribution < 1.29 is 19.1 Å². The molecule has 1 saturated heterocycles. The first kappa shape index (κ1) is 18.0. The number of nitrogens with one attached hydrogen (secondary N) is 1. The molecule has 1 heterocycles. The van der Waals surface area contributed by atoms with Crippen LogP contribution in [-0.4, -0.2) is 48.9 Å². The number of hydrogen-bond donors (Lipinski definition) is 1. The van der Waals surface area contributed by atoms with Crippen molar-refractivity contribution in [3.05, 3.63) is 35.9 Å². The molecule has 1 atom stereocenters. The molecule has 24 heavy (non-hydrogen) atoms. The zero-order valence-electron chi connectivity index (χ0n) is 13.9. The van der Waals surface area contributed by atoms with E-state index in [2.05, 4.69) is 5.32 Å². The van der Waals surface area contributed by atoms with E-state index in [1.165, 1.54) is 0 Å². The van der Waals surface area contributed by atoms with Crippen LogP contribution < -0.4 is 5.32 Å². The van der Waals surface area contributed by atoms with Crippen LogP contribution in [0, 0.1) is 5.92 Å². The van der Waals surface area contributed by atoms with Gasteiger partial charge in [0.15, 0.2) is 0 Å². The summed E-state index contributed by atoms with van der Waals surface area (Å²) in [6.45, 7) is 3.12. The Bertz CT molecular complexity index is 553. The lowest BCUT2D eigenvalue weighted by molar-refractivity contribution is -0.128. The minimum absolute atomic E-state index is 0.119. The summed E-state index contributed by atoms with van der Waals surface area (Å²) in [5, 5.41) is 2.81. The SMILES string of the molecule is CCOC(=O)N1CCC(C(=O)N[C@H](C=O)Cc2ccccc2)CC1. The van der Waals surface area contributed by atoms with Gasteiger partial charge in [-0.2, -0.15) is 0 Å². The van der Waals surface area contributed by atoms with Gasteiger partial charge in [-0.1, -0.05) is 30.3 Å². The maximum atomic E-state index is 12.4. The number of rotatable bonds is 6. The molecule has 1 aliphatic rings. The summed E-state index contributed by atoms with van der Waals surface area (Å²) in [6.07, 6.45) is 2.10. The highest BCUT2D eigenvalue weighted by molar-refractivity contribution is 5.82. The number of benzene rings is 1. The minimum Gasteiger partial charge on any atom is -0.450 e. The minimum atomic E-state index is -0.525. The van der Waals surface area contributed by atoms with Crippen molar-refractivity contribution >= 4 is 18.3 Å². The molecule has 0 unspecified atom stereocenters. The van der Waals surface area contributed by atoms with Gasteiger partial charge in [-0.3, -0.25) is 4.79 Å². The fourth-order valence-electron chi connectivity index (χ4n) is 2.84. The molecule has 2 rings (SSSR count). The molecule has 0 aromatic heterocycles. The van der Waals surface area contributed by atoms with Crippen LogP contribution in [0.25, 0.3) is 0 Å². The molecule has 0 saturated carbocycles. The van der Waals surface area contributed by atoms with Crippen LogP contribution in [0.3, 0.4) is 0 Å². The number of aldehydes is 1. The van der Waals surface area contributed by atoms with E-state index in [9.17, 15) is 14.4 Å². The van der Waals surface area contributed by atoms with Crippen LogP contribution in [0.2, 0.25) is 0 Å². The van der Waals surface area contributed by atoms with Crippen LogP contribution >= 0.6 is 0 Å². The highest BCUT2D eigenvalue weighted by Gasteiger charge is 2.28. The van der Waals surface area contributed by atoms with Gasteiger partial charge in [-0.25, -0.2) is 4.79 Å². The van der Waals surface area contributed by atoms with Gasteiger partial charge < -0.3 is 19.7 Å². The Morgan fingerprint density at radius 2 is 1.96 bits per heavy atom. The van der Waals surface area contributed by atoms with Gasteiger partial charge in [0.2, 0.25) is 5.91 Å². The van der Waals surface area contributed by atoms with Crippen LogP contribution in [0.1, 0.15) is 25.3 Å². The topological polar surface area (TPSA) is 75.7 Å². The first-order chi connectivity index (χ1) is 11.6. The summed E-state index contributed by atoms with van der Waals surface area (Å²) < 4.78 is 4.97. The Hall–Kier alpha value is -2.37. The second kappa shape index (κ2) is 9.05. The summed E-state index contributed by atoms with van der Waals surface area (Å²) in [6, 6.07) is 9.06. The van der Waals surface area contributed by atoms with Gasteiger partial charge in [0.1, 0.15) is 6.29 Å². The van der Waals surface area contributed by atoms with Gasteiger partial charge in [0.05, 0.1) is 12.6 Å². The van der Waals surface area contributed by atoms with Gasteiger partial charge in [0.25, 0.3) is 0 Å². The molecule has 6 heteroatoms. The lowest BCUT2D eigenvalue weighted by atomic mass is 9.95. The Morgan fingerprint density at radius 1 is 1.29 bits per heavy atom. The average molecular weight is 332 g/mol. The van der Waals surface area contributed by atoms with Gasteiger partial charge in [-0.05, 0) is 31.7 Å². The number of nitrogens with zero attached hydrogens (tertiary/aromatic N) is 1. The smallest absolute Gasteiger partial charge is 0.409 e. The van der Waals surface area contributed by atoms with Crippen molar-refractivity contribution in [1.29, 1.82) is 0 Å². The predicted octanol–water partition coefficient (Wildman–Crippen LogP) is 1.78. The molecule has 0 radical (unpaired) electrons. The summed E-state index contributed by atoms with van der Waals surface area (Å²) in [7, 11) is 0. The third-order valence-electron chi connectivity index (χ3n) is 4.18. The molecule has 6 nitrogen and oxygen atoms in total. The summed E-state index contributed by atoms with van der Waals surface area (Å²) >= 11 is 0. The fourth-order valence-corrected chi connectivity index (χ4v) is 2.84. The molecule has 1 N–H and O–H groups in total. The average Bonchev–Trinajstić information content (AvgIpc) is 2.62. The molecule has 0 spiro atoms. The molecule has 2 amide bonds. The molecule has 1 aromatic carbocycles. The summed E-state index contributed by atoms with van der Waals surface area (Å²) in [4.78, 5) is 36.9. The number of ether oxygens (including phenoxy) is 1. The molecular formula is C18H24N2O4. The lowest BCUT2D eigenvalue weighted by Crippen LogP contribution is -2.46.